The predicted molar refractivity (Wildman–Crippen MR) is 104 cm³/mol. The topological polar surface area (TPSA) is 32.3 Å². The van der Waals surface area contributed by atoms with Crippen molar-refractivity contribution in [2.24, 2.45) is 5.92 Å². The van der Waals surface area contributed by atoms with E-state index in [1.54, 1.807) is 3.88 Å². The van der Waals surface area contributed by atoms with Crippen LogP contribution >= 0.6 is 24.8 Å². The van der Waals surface area contributed by atoms with Crippen LogP contribution in [0.25, 0.3) is 0 Å². The first-order chi connectivity index (χ1) is 8.82. The zero-order chi connectivity index (χ0) is 16.0. The van der Waals surface area contributed by atoms with Crippen LogP contribution in [0, 0.1) is 5.92 Å². The van der Waals surface area contributed by atoms with Crippen molar-refractivity contribution in [2.75, 3.05) is 6.61 Å². The zero-order valence-corrected chi connectivity index (χ0v) is 20.1. The summed E-state index contributed by atoms with van der Waals surface area (Å²) in [6, 6.07) is 0. The molecular formula is C16H35Cl2NOSiTi. The van der Waals surface area contributed by atoms with Crippen LogP contribution in [-0.4, -0.2) is 24.9 Å². The van der Waals surface area contributed by atoms with Crippen LogP contribution in [0.5, 0.6) is 0 Å². The normalized spacial score (nSPS) is 20.0. The smallest absolute Gasteiger partial charge is 0.147 e. The minimum Gasteiger partial charge on any atom is -0.147 e. The first-order valence-electron chi connectivity index (χ1n) is 7.68. The van der Waals surface area contributed by atoms with E-state index in [-0.39, 0.29) is 37.0 Å². The van der Waals surface area contributed by atoms with Gasteiger partial charge in [-0.2, -0.15) is 0 Å². The summed E-state index contributed by atoms with van der Waals surface area (Å²) in [6.45, 7) is 16.1. The van der Waals surface area contributed by atoms with Crippen LogP contribution in [0.15, 0.2) is 20.6 Å². The minimum absolute atomic E-state index is 0. The van der Waals surface area contributed by atoms with Crippen molar-refractivity contribution in [3.63, 3.8) is 0 Å². The van der Waals surface area contributed by atoms with Crippen molar-refractivity contribution in [1.82, 2.24) is 3.80 Å². The average molecular weight is 404 g/mol. The fourth-order valence-electron chi connectivity index (χ4n) is 4.20. The van der Waals surface area contributed by atoms with Gasteiger partial charge in [-0.25, -0.2) is 0 Å². The molecule has 22 heavy (non-hydrogen) atoms. The second-order valence-electron chi connectivity index (χ2n) is 8.21. The Hall–Kier alpha value is 0.911. The zero-order valence-electron chi connectivity index (χ0n) is 15.5. The largest absolute Gasteiger partial charge is 0.147 e. The van der Waals surface area contributed by atoms with Gasteiger partial charge in [0, 0.05) is 0 Å². The molecule has 0 bridgehead atoms. The van der Waals surface area contributed by atoms with Crippen LogP contribution in [0.2, 0.25) is 9.95 Å². The number of rotatable bonds is 4. The van der Waals surface area contributed by atoms with Crippen LogP contribution in [0.3, 0.4) is 0 Å². The van der Waals surface area contributed by atoms with Crippen molar-refractivity contribution in [2.45, 2.75) is 64.0 Å². The van der Waals surface area contributed by atoms with Gasteiger partial charge in [-0.15, -0.1) is 24.8 Å². The van der Waals surface area contributed by atoms with E-state index >= 15 is 0 Å². The summed E-state index contributed by atoms with van der Waals surface area (Å²) in [5.74, 6) is 0.524. The SMILES string of the molecule is CC1=C(C)C(C)[C]([Ti]([CH3])(=[SiH2])([CH2]CO)[NH]C(C)(C)C)=C1C.Cl.Cl. The molecule has 0 saturated heterocycles. The van der Waals surface area contributed by atoms with Crippen molar-refractivity contribution in [3.05, 3.63) is 20.6 Å². The Morgan fingerprint density at radius 1 is 1.14 bits per heavy atom. The molecule has 0 saturated carbocycles. The van der Waals surface area contributed by atoms with E-state index in [9.17, 15) is 5.11 Å². The Kier molecular flexibility index (Phi) is 8.99. The van der Waals surface area contributed by atoms with Gasteiger partial charge in [0.15, 0.2) is 0 Å². The Bertz CT molecular complexity index is 549. The van der Waals surface area contributed by atoms with Gasteiger partial charge in [0.2, 0.25) is 0 Å². The molecule has 0 radical (unpaired) electrons. The van der Waals surface area contributed by atoms with Crippen LogP contribution in [0.1, 0.15) is 48.5 Å². The standard InChI is InChI=1S/C9H13.C4H10N.C2H5O.CH3.2ClH.H2Si.Ti/c1-6-5-7(2)9(4)8(6)3;1-4(2,3)5;1-2-3;;;;;/h6H,1-4H3;5H,1-3H3;3H,1-2H2;1H3;2*1H;1H2;/q;-1;;;;;;+1. The summed E-state index contributed by atoms with van der Waals surface area (Å²) in [4.78, 5) is 0. The quantitative estimate of drug-likeness (QED) is 0.692. The van der Waals surface area contributed by atoms with Crippen LogP contribution < -0.4 is 3.80 Å². The second kappa shape index (κ2) is 7.86. The fourth-order valence-corrected chi connectivity index (χ4v) is 18.9. The third-order valence-corrected chi connectivity index (χ3v) is 17.2. The molecule has 0 spiro atoms. The number of hydrogen-bond donors (Lipinski definition) is 2. The summed E-state index contributed by atoms with van der Waals surface area (Å²) in [7, 11) is 2.19. The number of halogens is 2. The minimum atomic E-state index is -3.09. The van der Waals surface area contributed by atoms with E-state index in [0.717, 1.165) is 4.73 Å². The maximum atomic E-state index is 9.70. The molecule has 0 aliphatic heterocycles. The molecule has 0 aromatic carbocycles. The molecule has 0 amide bonds. The van der Waals surface area contributed by atoms with E-state index in [1.165, 1.54) is 16.7 Å². The van der Waals surface area contributed by atoms with Crippen LogP contribution in [0.4, 0.5) is 0 Å². The first-order valence-corrected chi connectivity index (χ1v) is 15.9. The second-order valence-corrected chi connectivity index (χ2v) is 25.3. The molecule has 2 nitrogen and oxygen atoms in total. The van der Waals surface area contributed by atoms with Crippen molar-refractivity contribution in [1.29, 1.82) is 0 Å². The molecule has 1 unspecified atom stereocenters. The van der Waals surface area contributed by atoms with E-state index < -0.39 is 14.3 Å². The Morgan fingerprint density at radius 3 is 1.86 bits per heavy atom. The van der Waals surface area contributed by atoms with Gasteiger partial charge in [0.05, 0.1) is 0 Å². The van der Waals surface area contributed by atoms with Crippen LogP contribution in [-0.2, 0) is 14.3 Å². The number of aliphatic hydroxyl groups excluding tert-OH is 1. The molecule has 1 atom stereocenters. The van der Waals surface area contributed by atoms with Gasteiger partial charge < -0.3 is 0 Å². The fraction of sp³-hybridized carbons (Fsp3) is 0.750. The Balaban J connectivity index is 0. The van der Waals surface area contributed by atoms with Crippen molar-refractivity contribution < 1.29 is 19.4 Å². The third-order valence-electron chi connectivity index (χ3n) is 4.95. The molecule has 0 aromatic heterocycles. The van der Waals surface area contributed by atoms with Gasteiger partial charge in [0.25, 0.3) is 0 Å². The van der Waals surface area contributed by atoms with Gasteiger partial charge >= 0.3 is 128 Å². The number of nitrogens with one attached hydrogen (secondary N) is 1. The number of allylic oxidation sites excluding steroid dienone is 4. The average Bonchev–Trinajstić information content (AvgIpc) is 2.40. The van der Waals surface area contributed by atoms with E-state index in [4.69, 9.17) is 0 Å². The molecule has 1 aliphatic carbocycles. The summed E-state index contributed by atoms with van der Waals surface area (Å²) < 4.78 is 6.57. The van der Waals surface area contributed by atoms with Crippen molar-refractivity contribution >= 4 is 32.4 Å². The van der Waals surface area contributed by atoms with Gasteiger partial charge in [-0.3, -0.25) is 0 Å². The predicted octanol–water partition coefficient (Wildman–Crippen LogP) is 4.09. The molecular weight excluding hydrogens is 369 g/mol. The molecule has 1 rings (SSSR count). The maximum Gasteiger partial charge on any atom is -0.147 e. The van der Waals surface area contributed by atoms with Gasteiger partial charge in [-0.1, -0.05) is 0 Å². The molecule has 0 heterocycles. The summed E-state index contributed by atoms with van der Waals surface area (Å²) >= 11 is -3.09. The monoisotopic (exact) mass is 403 g/mol. The number of aliphatic hydroxyl groups is 1. The third kappa shape index (κ3) is 4.95. The van der Waals surface area contributed by atoms with Gasteiger partial charge in [0.1, 0.15) is 0 Å². The van der Waals surface area contributed by atoms with Gasteiger partial charge in [-0.05, 0) is 0 Å². The summed E-state index contributed by atoms with van der Waals surface area (Å²) in [5.41, 5.74) is 4.54. The van der Waals surface area contributed by atoms with E-state index in [2.05, 4.69) is 65.1 Å². The molecule has 0 aromatic rings. The number of hydrogen-bond acceptors (Lipinski definition) is 2. The summed E-state index contributed by atoms with van der Waals surface area (Å²) in [6.07, 6.45) is 0. The molecule has 132 valence electrons. The molecule has 6 heteroatoms. The molecule has 0 fully saturated rings. The maximum absolute atomic E-state index is 9.70. The molecule has 1 aliphatic rings. The Morgan fingerprint density at radius 2 is 1.59 bits per heavy atom. The van der Waals surface area contributed by atoms with E-state index in [1.807, 2.05) is 0 Å². The summed E-state index contributed by atoms with van der Waals surface area (Å²) in [5, 5.41) is 12.2. The molecule has 2 N–H and O–H groups in total. The first kappa shape index (κ1) is 25.2. The van der Waals surface area contributed by atoms with E-state index in [0.29, 0.717) is 5.92 Å². The Labute approximate surface area is 152 Å². The van der Waals surface area contributed by atoms with Crippen molar-refractivity contribution in [3.8, 4) is 0 Å².